The summed E-state index contributed by atoms with van der Waals surface area (Å²) >= 11 is 0. The Balaban J connectivity index is 1.58. The predicted octanol–water partition coefficient (Wildman–Crippen LogP) is 2.88. The normalized spacial score (nSPS) is 17.0. The van der Waals surface area contributed by atoms with Crippen LogP contribution in [-0.4, -0.2) is 39.2 Å². The van der Waals surface area contributed by atoms with Gasteiger partial charge >= 0.3 is 0 Å². The van der Waals surface area contributed by atoms with Gasteiger partial charge in [-0.05, 0) is 30.9 Å². The highest BCUT2D eigenvalue weighted by atomic mass is 16.5. The van der Waals surface area contributed by atoms with Crippen LogP contribution in [0.25, 0.3) is 5.82 Å². The number of para-hydroxylation sites is 1. The molecule has 3 heterocycles. The summed E-state index contributed by atoms with van der Waals surface area (Å²) in [5.41, 5.74) is 1.24. The van der Waals surface area contributed by atoms with Crippen molar-refractivity contribution in [3.05, 3.63) is 60.9 Å². The standard InChI is InChI=1S/C19H21N5O/c1-25-17-7-3-2-5-15(17)11-16-6-4-9-24(16)19-12-18(21-13-22-19)23-10-8-20-14-23/h2-3,5,7-8,10,12-14,16H,4,6,9,11H2,1H3/t16-/m1/s1. The Morgan fingerprint density at radius 2 is 2.08 bits per heavy atom. The molecule has 6 heteroatoms. The van der Waals surface area contributed by atoms with Crippen LogP contribution in [0.15, 0.2) is 55.4 Å². The molecular weight excluding hydrogens is 314 g/mol. The minimum absolute atomic E-state index is 0.418. The fourth-order valence-corrected chi connectivity index (χ4v) is 3.51. The Hall–Kier alpha value is -2.89. The second-order valence-electron chi connectivity index (χ2n) is 6.21. The molecule has 4 rings (SSSR count). The van der Waals surface area contributed by atoms with Crippen molar-refractivity contribution < 1.29 is 4.74 Å². The molecule has 1 aromatic carbocycles. The first-order valence-corrected chi connectivity index (χ1v) is 8.54. The molecule has 0 spiro atoms. The molecule has 0 amide bonds. The molecule has 0 radical (unpaired) electrons. The number of hydrogen-bond donors (Lipinski definition) is 0. The highest BCUT2D eigenvalue weighted by molar-refractivity contribution is 5.46. The van der Waals surface area contributed by atoms with Gasteiger partial charge in [0.25, 0.3) is 0 Å². The molecule has 1 saturated heterocycles. The van der Waals surface area contributed by atoms with Crippen LogP contribution in [-0.2, 0) is 6.42 Å². The van der Waals surface area contributed by atoms with Crippen molar-refractivity contribution in [1.29, 1.82) is 0 Å². The second kappa shape index (κ2) is 6.93. The zero-order valence-electron chi connectivity index (χ0n) is 14.2. The Morgan fingerprint density at radius 3 is 2.92 bits per heavy atom. The van der Waals surface area contributed by atoms with Crippen molar-refractivity contribution in [2.75, 3.05) is 18.6 Å². The first kappa shape index (κ1) is 15.6. The molecule has 25 heavy (non-hydrogen) atoms. The number of imidazole rings is 1. The number of rotatable bonds is 5. The maximum absolute atomic E-state index is 5.51. The van der Waals surface area contributed by atoms with Crippen molar-refractivity contribution in [2.45, 2.75) is 25.3 Å². The summed E-state index contributed by atoms with van der Waals surface area (Å²) in [6.45, 7) is 1.01. The topological polar surface area (TPSA) is 56.1 Å². The van der Waals surface area contributed by atoms with Crippen LogP contribution in [0, 0.1) is 0 Å². The fourth-order valence-electron chi connectivity index (χ4n) is 3.51. The lowest BCUT2D eigenvalue weighted by Gasteiger charge is -2.26. The molecule has 0 saturated carbocycles. The van der Waals surface area contributed by atoms with E-state index in [0.29, 0.717) is 6.04 Å². The molecule has 1 fully saturated rings. The van der Waals surface area contributed by atoms with Gasteiger partial charge in [0.05, 0.1) is 7.11 Å². The Bertz CT molecular complexity index is 833. The van der Waals surface area contributed by atoms with Gasteiger partial charge in [-0.25, -0.2) is 15.0 Å². The van der Waals surface area contributed by atoms with Crippen molar-refractivity contribution in [1.82, 2.24) is 19.5 Å². The molecule has 128 valence electrons. The summed E-state index contributed by atoms with van der Waals surface area (Å²) in [6, 6.07) is 10.7. The summed E-state index contributed by atoms with van der Waals surface area (Å²) in [7, 11) is 1.73. The molecule has 1 aliphatic heterocycles. The van der Waals surface area contributed by atoms with Crippen LogP contribution < -0.4 is 9.64 Å². The van der Waals surface area contributed by atoms with E-state index in [0.717, 1.165) is 36.8 Å². The lowest BCUT2D eigenvalue weighted by Crippen LogP contribution is -2.32. The summed E-state index contributed by atoms with van der Waals surface area (Å²) < 4.78 is 7.41. The van der Waals surface area contributed by atoms with E-state index in [1.54, 1.807) is 26.0 Å². The Labute approximate surface area is 147 Å². The average Bonchev–Trinajstić information content (AvgIpc) is 3.34. The molecule has 2 aromatic heterocycles. The third-order valence-electron chi connectivity index (χ3n) is 4.73. The number of hydrogen-bond acceptors (Lipinski definition) is 5. The van der Waals surface area contributed by atoms with Gasteiger partial charge in [-0.15, -0.1) is 0 Å². The highest BCUT2D eigenvalue weighted by Crippen LogP contribution is 2.29. The number of aromatic nitrogens is 4. The number of anilines is 1. The lowest BCUT2D eigenvalue weighted by molar-refractivity contribution is 0.408. The number of benzene rings is 1. The molecule has 0 bridgehead atoms. The number of methoxy groups -OCH3 is 1. The van der Waals surface area contributed by atoms with E-state index in [9.17, 15) is 0 Å². The lowest BCUT2D eigenvalue weighted by atomic mass is 10.0. The van der Waals surface area contributed by atoms with E-state index >= 15 is 0 Å². The number of ether oxygens (including phenoxy) is 1. The average molecular weight is 335 g/mol. The zero-order chi connectivity index (χ0) is 17.1. The van der Waals surface area contributed by atoms with Gasteiger partial charge in [0, 0.05) is 31.0 Å². The van der Waals surface area contributed by atoms with Crippen LogP contribution >= 0.6 is 0 Å². The van der Waals surface area contributed by atoms with Crippen LogP contribution in [0.3, 0.4) is 0 Å². The van der Waals surface area contributed by atoms with E-state index in [4.69, 9.17) is 4.74 Å². The fraction of sp³-hybridized carbons (Fsp3) is 0.316. The summed E-state index contributed by atoms with van der Waals surface area (Å²) in [5, 5.41) is 0. The van der Waals surface area contributed by atoms with Crippen LogP contribution in [0.4, 0.5) is 5.82 Å². The third kappa shape index (κ3) is 3.20. The van der Waals surface area contributed by atoms with E-state index in [2.05, 4.69) is 32.0 Å². The monoisotopic (exact) mass is 335 g/mol. The largest absolute Gasteiger partial charge is 0.496 e. The molecular formula is C19H21N5O. The van der Waals surface area contributed by atoms with Gasteiger partial charge < -0.3 is 9.64 Å². The van der Waals surface area contributed by atoms with E-state index in [1.165, 1.54) is 12.0 Å². The van der Waals surface area contributed by atoms with E-state index in [-0.39, 0.29) is 0 Å². The predicted molar refractivity (Wildman–Crippen MR) is 96.2 cm³/mol. The van der Waals surface area contributed by atoms with Crippen molar-refractivity contribution in [2.24, 2.45) is 0 Å². The maximum Gasteiger partial charge on any atom is 0.143 e. The molecule has 0 N–H and O–H groups in total. The molecule has 3 aromatic rings. The molecule has 0 unspecified atom stereocenters. The highest BCUT2D eigenvalue weighted by Gasteiger charge is 2.27. The smallest absolute Gasteiger partial charge is 0.143 e. The zero-order valence-corrected chi connectivity index (χ0v) is 14.2. The molecule has 1 atom stereocenters. The minimum Gasteiger partial charge on any atom is -0.496 e. The molecule has 1 aliphatic rings. The number of nitrogens with zero attached hydrogens (tertiary/aromatic N) is 5. The maximum atomic E-state index is 5.51. The quantitative estimate of drug-likeness (QED) is 0.717. The second-order valence-corrected chi connectivity index (χ2v) is 6.21. The van der Waals surface area contributed by atoms with Crippen molar-refractivity contribution in [3.63, 3.8) is 0 Å². The van der Waals surface area contributed by atoms with Crippen molar-refractivity contribution >= 4 is 5.82 Å². The molecule has 6 nitrogen and oxygen atoms in total. The van der Waals surface area contributed by atoms with Gasteiger partial charge in [-0.3, -0.25) is 4.57 Å². The van der Waals surface area contributed by atoms with Gasteiger partial charge in [-0.2, -0.15) is 0 Å². The Morgan fingerprint density at radius 1 is 1.20 bits per heavy atom. The minimum atomic E-state index is 0.418. The summed E-state index contributed by atoms with van der Waals surface area (Å²) in [4.78, 5) is 15.3. The van der Waals surface area contributed by atoms with Crippen LogP contribution in [0.2, 0.25) is 0 Å². The summed E-state index contributed by atoms with van der Waals surface area (Å²) in [6.07, 6.45) is 10.3. The SMILES string of the molecule is COc1ccccc1C[C@H]1CCCN1c1cc(-n2ccnc2)ncn1. The van der Waals surface area contributed by atoms with Gasteiger partial charge in [-0.1, -0.05) is 18.2 Å². The van der Waals surface area contributed by atoms with Gasteiger partial charge in [0.15, 0.2) is 0 Å². The first-order chi connectivity index (χ1) is 12.3. The Kier molecular flexibility index (Phi) is 4.33. The van der Waals surface area contributed by atoms with Gasteiger partial charge in [0.2, 0.25) is 0 Å². The first-order valence-electron chi connectivity index (χ1n) is 8.54. The van der Waals surface area contributed by atoms with Gasteiger partial charge in [0.1, 0.15) is 30.0 Å². The third-order valence-corrected chi connectivity index (χ3v) is 4.73. The van der Waals surface area contributed by atoms with Crippen LogP contribution in [0.1, 0.15) is 18.4 Å². The molecule has 0 aliphatic carbocycles. The van der Waals surface area contributed by atoms with E-state index < -0.39 is 0 Å². The summed E-state index contributed by atoms with van der Waals surface area (Å²) in [5.74, 6) is 2.76. The van der Waals surface area contributed by atoms with E-state index in [1.807, 2.05) is 29.0 Å². The van der Waals surface area contributed by atoms with Crippen molar-refractivity contribution in [3.8, 4) is 11.6 Å². The van der Waals surface area contributed by atoms with Crippen LogP contribution in [0.5, 0.6) is 5.75 Å².